The zero-order valence-corrected chi connectivity index (χ0v) is 19.8. The maximum Gasteiger partial charge on any atom is 0.291 e. The fraction of sp³-hybridized carbons (Fsp3) is 0.200. The van der Waals surface area contributed by atoms with Crippen molar-refractivity contribution in [2.75, 3.05) is 14.1 Å². The molecule has 180 valence electrons. The van der Waals surface area contributed by atoms with Crippen LogP contribution in [0, 0.1) is 11.7 Å². The highest BCUT2D eigenvalue weighted by Crippen LogP contribution is 2.39. The van der Waals surface area contributed by atoms with Gasteiger partial charge in [0, 0.05) is 38.6 Å². The molecular weight excluding hydrogens is 473 g/mol. The average Bonchev–Trinajstić information content (AvgIpc) is 3.09. The van der Waals surface area contributed by atoms with E-state index in [-0.39, 0.29) is 17.0 Å². The summed E-state index contributed by atoms with van der Waals surface area (Å²) in [6.45, 7) is 0.0320. The molecule has 3 aromatic rings. The summed E-state index contributed by atoms with van der Waals surface area (Å²) >= 11 is 0. The number of carbonyl (C=O) groups excluding carboxylic acids is 3. The minimum Gasteiger partial charge on any atom is -0.323 e. The highest BCUT2D eigenvalue weighted by atomic mass is 32.2. The van der Waals surface area contributed by atoms with Crippen LogP contribution in [0.2, 0.25) is 0 Å². The van der Waals surface area contributed by atoms with E-state index < -0.39 is 45.3 Å². The second kappa shape index (κ2) is 9.47. The number of likely N-dealkylation sites (tertiary alicyclic amines) is 1. The van der Waals surface area contributed by atoms with Gasteiger partial charge in [0.05, 0.1) is 10.9 Å². The molecule has 0 N–H and O–H groups in total. The largest absolute Gasteiger partial charge is 0.323 e. The van der Waals surface area contributed by atoms with Crippen LogP contribution in [0.15, 0.2) is 78.0 Å². The molecule has 1 amide bonds. The molecule has 35 heavy (non-hydrogen) atoms. The number of halogens is 1. The van der Waals surface area contributed by atoms with E-state index in [4.69, 9.17) is 0 Å². The Balaban J connectivity index is 1.74. The summed E-state index contributed by atoms with van der Waals surface area (Å²) in [5.74, 6) is -4.20. The number of sulfonamides is 1. The number of nitrogens with zero attached hydrogens (tertiary/aromatic N) is 3. The second-order valence-electron chi connectivity index (χ2n) is 8.31. The molecule has 1 aromatic heterocycles. The number of hydrogen-bond acceptors (Lipinski definition) is 6. The number of pyridine rings is 1. The number of aromatic nitrogens is 1. The monoisotopic (exact) mass is 495 g/mol. The van der Waals surface area contributed by atoms with Crippen molar-refractivity contribution in [2.45, 2.75) is 17.5 Å². The van der Waals surface area contributed by atoms with Crippen LogP contribution in [0.25, 0.3) is 0 Å². The molecule has 0 saturated carbocycles. The minimum absolute atomic E-state index is 0.0128. The first-order valence-corrected chi connectivity index (χ1v) is 12.1. The van der Waals surface area contributed by atoms with E-state index in [1.807, 2.05) is 0 Å². The second-order valence-corrected chi connectivity index (χ2v) is 10.5. The van der Waals surface area contributed by atoms with Gasteiger partial charge in [0.25, 0.3) is 5.91 Å². The Hall–Kier alpha value is -3.76. The van der Waals surface area contributed by atoms with Crippen LogP contribution in [-0.2, 0) is 26.2 Å². The van der Waals surface area contributed by atoms with Gasteiger partial charge in [0.1, 0.15) is 11.7 Å². The van der Waals surface area contributed by atoms with Crippen molar-refractivity contribution in [2.24, 2.45) is 5.92 Å². The number of rotatable bonds is 7. The van der Waals surface area contributed by atoms with Crippen molar-refractivity contribution in [3.8, 4) is 0 Å². The normalized spacial score (nSPS) is 18.3. The van der Waals surface area contributed by atoms with Gasteiger partial charge in [-0.3, -0.25) is 19.4 Å². The topological polar surface area (TPSA) is 105 Å². The van der Waals surface area contributed by atoms with Crippen LogP contribution in [0.3, 0.4) is 0 Å². The quantitative estimate of drug-likeness (QED) is 0.284. The summed E-state index contributed by atoms with van der Waals surface area (Å²) < 4.78 is 39.3. The van der Waals surface area contributed by atoms with Crippen LogP contribution < -0.4 is 0 Å². The number of amides is 1. The van der Waals surface area contributed by atoms with Crippen LogP contribution in [0.1, 0.15) is 27.5 Å². The summed E-state index contributed by atoms with van der Waals surface area (Å²) in [7, 11) is -0.927. The van der Waals surface area contributed by atoms with Gasteiger partial charge >= 0.3 is 0 Å². The Labute approximate surface area is 202 Å². The molecule has 2 atom stereocenters. The van der Waals surface area contributed by atoms with Gasteiger partial charge in [0.2, 0.25) is 15.8 Å². The fourth-order valence-corrected chi connectivity index (χ4v) is 4.96. The van der Waals surface area contributed by atoms with Gasteiger partial charge in [-0.05, 0) is 41.5 Å². The lowest BCUT2D eigenvalue weighted by Gasteiger charge is -2.27. The molecule has 1 aliphatic heterocycles. The molecule has 1 fully saturated rings. The molecular formula is C25H22FN3O5S. The van der Waals surface area contributed by atoms with Crippen molar-refractivity contribution in [3.05, 3.63) is 95.6 Å². The first kappa shape index (κ1) is 24.4. The van der Waals surface area contributed by atoms with E-state index in [0.717, 1.165) is 4.31 Å². The molecule has 2 heterocycles. The SMILES string of the molecule is CN(C)S(=O)(=O)c1ccc(C(=O)C2C(=O)C(=O)N(Cc3cccnc3)C2c2ccc(F)cc2)cc1. The van der Waals surface area contributed by atoms with Gasteiger partial charge in [-0.15, -0.1) is 0 Å². The van der Waals surface area contributed by atoms with E-state index in [0.29, 0.717) is 11.1 Å². The summed E-state index contributed by atoms with van der Waals surface area (Å²) in [5, 5.41) is 0. The molecule has 0 aliphatic carbocycles. The highest BCUT2D eigenvalue weighted by Gasteiger charge is 2.51. The Bertz CT molecular complexity index is 1370. The summed E-state index contributed by atoms with van der Waals surface area (Å²) in [6.07, 6.45) is 3.13. The molecule has 8 nitrogen and oxygen atoms in total. The summed E-state index contributed by atoms with van der Waals surface area (Å²) in [6, 6.07) is 13.0. The van der Waals surface area contributed by atoms with E-state index >= 15 is 0 Å². The Morgan fingerprint density at radius 1 is 1.03 bits per heavy atom. The highest BCUT2D eigenvalue weighted by molar-refractivity contribution is 7.89. The summed E-state index contributed by atoms with van der Waals surface area (Å²) in [4.78, 5) is 44.9. The summed E-state index contributed by atoms with van der Waals surface area (Å²) in [5.41, 5.74) is 1.18. The lowest BCUT2D eigenvalue weighted by Crippen LogP contribution is -2.30. The zero-order valence-electron chi connectivity index (χ0n) is 19.0. The predicted molar refractivity (Wildman–Crippen MR) is 124 cm³/mol. The molecule has 4 rings (SSSR count). The first-order chi connectivity index (χ1) is 16.6. The number of ketones is 2. The third-order valence-corrected chi connectivity index (χ3v) is 7.72. The molecule has 2 unspecified atom stereocenters. The van der Waals surface area contributed by atoms with Crippen molar-refractivity contribution in [1.82, 2.24) is 14.2 Å². The Morgan fingerprint density at radius 2 is 1.69 bits per heavy atom. The van der Waals surface area contributed by atoms with E-state index in [1.54, 1.807) is 24.5 Å². The number of benzene rings is 2. The van der Waals surface area contributed by atoms with Crippen molar-refractivity contribution in [1.29, 1.82) is 0 Å². The van der Waals surface area contributed by atoms with Gasteiger partial charge in [-0.2, -0.15) is 0 Å². The zero-order chi connectivity index (χ0) is 25.3. The van der Waals surface area contributed by atoms with Gasteiger partial charge in [-0.25, -0.2) is 17.1 Å². The molecule has 1 aliphatic rings. The van der Waals surface area contributed by atoms with Gasteiger partial charge < -0.3 is 4.90 Å². The fourth-order valence-electron chi connectivity index (χ4n) is 4.06. The molecule has 10 heteroatoms. The lowest BCUT2D eigenvalue weighted by atomic mass is 9.86. The van der Waals surface area contributed by atoms with E-state index in [2.05, 4.69) is 4.98 Å². The molecule has 1 saturated heterocycles. The maximum absolute atomic E-state index is 13.6. The molecule has 0 radical (unpaired) electrons. The van der Waals surface area contributed by atoms with Crippen molar-refractivity contribution >= 4 is 27.5 Å². The average molecular weight is 496 g/mol. The van der Waals surface area contributed by atoms with Crippen LogP contribution in [-0.4, -0.2) is 54.2 Å². The van der Waals surface area contributed by atoms with Crippen LogP contribution >= 0.6 is 0 Å². The third kappa shape index (κ3) is 4.62. The Morgan fingerprint density at radius 3 is 2.26 bits per heavy atom. The Kier molecular flexibility index (Phi) is 6.60. The predicted octanol–water partition coefficient (Wildman–Crippen LogP) is 2.62. The van der Waals surface area contributed by atoms with Crippen LogP contribution in [0.4, 0.5) is 4.39 Å². The van der Waals surface area contributed by atoms with E-state index in [9.17, 15) is 27.2 Å². The smallest absolute Gasteiger partial charge is 0.291 e. The van der Waals surface area contributed by atoms with Gasteiger partial charge in [0.15, 0.2) is 5.78 Å². The number of Topliss-reactive ketones (excluding diaryl/α,β-unsaturated/α-hetero) is 2. The molecule has 2 aromatic carbocycles. The number of carbonyl (C=O) groups is 3. The third-order valence-electron chi connectivity index (χ3n) is 5.89. The van der Waals surface area contributed by atoms with Crippen molar-refractivity contribution < 1.29 is 27.2 Å². The minimum atomic E-state index is -3.71. The molecule has 0 bridgehead atoms. The van der Waals surface area contributed by atoms with Crippen molar-refractivity contribution in [3.63, 3.8) is 0 Å². The number of hydrogen-bond donors (Lipinski definition) is 0. The lowest BCUT2D eigenvalue weighted by molar-refractivity contribution is -0.141. The van der Waals surface area contributed by atoms with E-state index in [1.165, 1.54) is 67.5 Å². The standard InChI is InChI=1S/C25H22FN3O5S/c1-28(2)35(33,34)20-11-7-18(8-12-20)23(30)21-22(17-5-9-19(26)10-6-17)29(25(32)24(21)31)15-16-4-3-13-27-14-16/h3-14,21-22H,15H2,1-2H3. The first-order valence-electron chi connectivity index (χ1n) is 10.7. The maximum atomic E-state index is 13.6. The van der Waals surface area contributed by atoms with Gasteiger partial charge in [-0.1, -0.05) is 30.3 Å². The van der Waals surface area contributed by atoms with Crippen LogP contribution in [0.5, 0.6) is 0 Å². The molecule has 0 spiro atoms.